The van der Waals surface area contributed by atoms with Crippen LogP contribution in [-0.4, -0.2) is 33.0 Å². The van der Waals surface area contributed by atoms with Crippen LogP contribution in [0.4, 0.5) is 0 Å². The second-order valence-corrected chi connectivity index (χ2v) is 5.76. The highest BCUT2D eigenvalue weighted by atomic mass is 32.2. The maximum absolute atomic E-state index is 11.7. The maximum atomic E-state index is 11.7. The van der Waals surface area contributed by atoms with E-state index in [0.29, 0.717) is 11.7 Å². The zero-order chi connectivity index (χ0) is 12.8. The van der Waals surface area contributed by atoms with E-state index in [1.165, 1.54) is 43.9 Å². The number of thioether (sulfide) groups is 1. The number of hydrogen-bond donors (Lipinski definition) is 1. The lowest BCUT2D eigenvalue weighted by atomic mass is 9.89. The number of aromatic nitrogens is 3. The maximum Gasteiger partial charge on any atom is 0.230 e. The number of nitrogens with zero attached hydrogens (tertiary/aromatic N) is 3. The summed E-state index contributed by atoms with van der Waals surface area (Å²) >= 11 is 1.43. The van der Waals surface area contributed by atoms with E-state index < -0.39 is 0 Å². The molecule has 1 heterocycles. The van der Waals surface area contributed by atoms with Crippen LogP contribution in [0.1, 0.15) is 32.1 Å². The third kappa shape index (κ3) is 4.01. The van der Waals surface area contributed by atoms with E-state index >= 15 is 0 Å². The average Bonchev–Trinajstić information content (AvgIpc) is 2.81. The summed E-state index contributed by atoms with van der Waals surface area (Å²) in [5, 5.41) is 11.5. The second kappa shape index (κ2) is 6.78. The molecule has 100 valence electrons. The minimum absolute atomic E-state index is 0.0913. The highest BCUT2D eigenvalue weighted by Gasteiger charge is 2.14. The van der Waals surface area contributed by atoms with Crippen LogP contribution in [0.2, 0.25) is 0 Å². The lowest BCUT2D eigenvalue weighted by Gasteiger charge is -2.21. The monoisotopic (exact) mass is 268 g/mol. The van der Waals surface area contributed by atoms with Crippen molar-refractivity contribution in [3.8, 4) is 0 Å². The van der Waals surface area contributed by atoms with E-state index in [1.54, 1.807) is 6.33 Å². The summed E-state index contributed by atoms with van der Waals surface area (Å²) in [6, 6.07) is 0. The zero-order valence-electron chi connectivity index (χ0n) is 10.8. The molecule has 1 aliphatic carbocycles. The largest absolute Gasteiger partial charge is 0.355 e. The normalized spacial score (nSPS) is 16.7. The van der Waals surface area contributed by atoms with Crippen molar-refractivity contribution in [2.24, 2.45) is 13.0 Å². The van der Waals surface area contributed by atoms with Crippen LogP contribution in [0.3, 0.4) is 0 Å². The SMILES string of the molecule is Cn1cnnc1SCC(=O)NCC1CCCCC1. The van der Waals surface area contributed by atoms with Crippen molar-refractivity contribution in [2.45, 2.75) is 37.3 Å². The van der Waals surface area contributed by atoms with Crippen LogP contribution in [-0.2, 0) is 11.8 Å². The minimum Gasteiger partial charge on any atom is -0.355 e. The van der Waals surface area contributed by atoms with Crippen molar-refractivity contribution in [3.05, 3.63) is 6.33 Å². The average molecular weight is 268 g/mol. The van der Waals surface area contributed by atoms with Crippen LogP contribution in [0.5, 0.6) is 0 Å². The van der Waals surface area contributed by atoms with Crippen molar-refractivity contribution >= 4 is 17.7 Å². The van der Waals surface area contributed by atoms with Gasteiger partial charge in [0.05, 0.1) is 5.75 Å². The van der Waals surface area contributed by atoms with Crippen molar-refractivity contribution in [2.75, 3.05) is 12.3 Å². The van der Waals surface area contributed by atoms with Crippen LogP contribution in [0.25, 0.3) is 0 Å². The van der Waals surface area contributed by atoms with E-state index in [9.17, 15) is 4.79 Å². The first-order valence-electron chi connectivity index (χ1n) is 6.49. The van der Waals surface area contributed by atoms with Gasteiger partial charge in [-0.25, -0.2) is 0 Å². The van der Waals surface area contributed by atoms with Gasteiger partial charge in [-0.05, 0) is 18.8 Å². The number of amides is 1. The fourth-order valence-electron chi connectivity index (χ4n) is 2.23. The van der Waals surface area contributed by atoms with Crippen LogP contribution in [0.15, 0.2) is 11.5 Å². The summed E-state index contributed by atoms with van der Waals surface area (Å²) in [4.78, 5) is 11.7. The van der Waals surface area contributed by atoms with E-state index in [4.69, 9.17) is 0 Å². The van der Waals surface area contributed by atoms with Gasteiger partial charge in [-0.2, -0.15) is 0 Å². The Balaban J connectivity index is 1.64. The van der Waals surface area contributed by atoms with Crippen LogP contribution >= 0.6 is 11.8 Å². The Morgan fingerprint density at radius 2 is 2.28 bits per heavy atom. The van der Waals surface area contributed by atoms with Crippen LogP contribution < -0.4 is 5.32 Å². The minimum atomic E-state index is 0.0913. The lowest BCUT2D eigenvalue weighted by molar-refractivity contribution is -0.118. The molecule has 1 amide bonds. The molecule has 0 aliphatic heterocycles. The van der Waals surface area contributed by atoms with Gasteiger partial charge in [-0.1, -0.05) is 31.0 Å². The standard InChI is InChI=1S/C12H20N4OS/c1-16-9-14-15-12(16)18-8-11(17)13-7-10-5-3-2-4-6-10/h9-10H,2-8H2,1H3,(H,13,17). The molecule has 0 saturated heterocycles. The molecule has 6 heteroatoms. The van der Waals surface area contributed by atoms with Gasteiger partial charge in [0.15, 0.2) is 5.16 Å². The summed E-state index contributed by atoms with van der Waals surface area (Å²) in [7, 11) is 1.88. The van der Waals surface area contributed by atoms with Gasteiger partial charge in [0.2, 0.25) is 5.91 Å². The summed E-state index contributed by atoms with van der Waals surface area (Å²) in [6.07, 6.45) is 8.14. The fourth-order valence-corrected chi connectivity index (χ4v) is 2.95. The summed E-state index contributed by atoms with van der Waals surface area (Å²) in [5.74, 6) is 1.19. The number of nitrogens with one attached hydrogen (secondary N) is 1. The topological polar surface area (TPSA) is 59.8 Å². The molecule has 1 N–H and O–H groups in total. The molecule has 18 heavy (non-hydrogen) atoms. The van der Waals surface area contributed by atoms with Gasteiger partial charge in [0.1, 0.15) is 6.33 Å². The predicted molar refractivity (Wildman–Crippen MR) is 71.3 cm³/mol. The van der Waals surface area contributed by atoms with Gasteiger partial charge in [-0.15, -0.1) is 10.2 Å². The van der Waals surface area contributed by atoms with E-state index in [1.807, 2.05) is 11.6 Å². The molecule has 0 unspecified atom stereocenters. The Bertz CT molecular complexity index is 387. The Labute approximate surface area is 112 Å². The van der Waals surface area contributed by atoms with Crippen molar-refractivity contribution in [1.29, 1.82) is 0 Å². The molecule has 0 bridgehead atoms. The molecular weight excluding hydrogens is 248 g/mol. The van der Waals surface area contributed by atoms with E-state index in [-0.39, 0.29) is 5.91 Å². The fraction of sp³-hybridized carbons (Fsp3) is 0.750. The first kappa shape index (κ1) is 13.4. The molecule has 1 aromatic heterocycles. The molecule has 0 radical (unpaired) electrons. The second-order valence-electron chi connectivity index (χ2n) is 4.82. The number of rotatable bonds is 5. The number of aryl methyl sites for hydroxylation is 1. The number of carbonyl (C=O) groups excluding carboxylic acids is 1. The number of hydrogen-bond acceptors (Lipinski definition) is 4. The van der Waals surface area contributed by atoms with Crippen LogP contribution in [0, 0.1) is 5.92 Å². The molecule has 1 fully saturated rings. The van der Waals surface area contributed by atoms with Gasteiger partial charge >= 0.3 is 0 Å². The van der Waals surface area contributed by atoms with Gasteiger partial charge in [0.25, 0.3) is 0 Å². The summed E-state index contributed by atoms with van der Waals surface area (Å²) in [5.41, 5.74) is 0. The van der Waals surface area contributed by atoms with Gasteiger partial charge < -0.3 is 9.88 Å². The molecule has 5 nitrogen and oxygen atoms in total. The quantitative estimate of drug-likeness (QED) is 0.824. The van der Waals surface area contributed by atoms with Gasteiger partial charge in [-0.3, -0.25) is 4.79 Å². The predicted octanol–water partition coefficient (Wildman–Crippen LogP) is 1.60. The van der Waals surface area contributed by atoms with E-state index in [0.717, 1.165) is 11.7 Å². The summed E-state index contributed by atoms with van der Waals surface area (Å²) in [6.45, 7) is 0.832. The first-order chi connectivity index (χ1) is 8.75. The third-order valence-electron chi connectivity index (χ3n) is 3.31. The molecular formula is C12H20N4OS. The molecule has 1 aliphatic rings. The Kier molecular flexibility index (Phi) is 5.04. The molecule has 0 aromatic carbocycles. The first-order valence-corrected chi connectivity index (χ1v) is 7.48. The van der Waals surface area contributed by atoms with E-state index in [2.05, 4.69) is 15.5 Å². The lowest BCUT2D eigenvalue weighted by Crippen LogP contribution is -2.31. The highest BCUT2D eigenvalue weighted by Crippen LogP contribution is 2.22. The van der Waals surface area contributed by atoms with Crippen molar-refractivity contribution in [1.82, 2.24) is 20.1 Å². The van der Waals surface area contributed by atoms with Gasteiger partial charge in [0, 0.05) is 13.6 Å². The molecule has 0 spiro atoms. The van der Waals surface area contributed by atoms with Crippen molar-refractivity contribution in [3.63, 3.8) is 0 Å². The van der Waals surface area contributed by atoms with Crippen molar-refractivity contribution < 1.29 is 4.79 Å². The Hall–Kier alpha value is -1.04. The Morgan fingerprint density at radius 3 is 2.94 bits per heavy atom. The smallest absolute Gasteiger partial charge is 0.230 e. The molecule has 1 aromatic rings. The summed E-state index contributed by atoms with van der Waals surface area (Å²) < 4.78 is 1.82. The number of carbonyl (C=O) groups is 1. The molecule has 2 rings (SSSR count). The third-order valence-corrected chi connectivity index (χ3v) is 4.35. The molecule has 1 saturated carbocycles. The highest BCUT2D eigenvalue weighted by molar-refractivity contribution is 7.99. The molecule has 0 atom stereocenters. The Morgan fingerprint density at radius 1 is 1.50 bits per heavy atom. The zero-order valence-corrected chi connectivity index (χ0v) is 11.6.